The van der Waals surface area contributed by atoms with E-state index in [1.165, 1.54) is 6.92 Å². The van der Waals surface area contributed by atoms with E-state index in [0.29, 0.717) is 0 Å². The lowest BCUT2D eigenvalue weighted by Crippen LogP contribution is -2.35. The molecule has 1 aromatic rings. The van der Waals surface area contributed by atoms with Crippen molar-refractivity contribution in [3.05, 3.63) is 53.4 Å². The molecule has 6 heteroatoms. The lowest BCUT2D eigenvalue weighted by molar-refractivity contribution is -0.154. The van der Waals surface area contributed by atoms with E-state index in [9.17, 15) is 14.4 Å². The molecule has 0 amide bonds. The minimum atomic E-state index is -0.752. The third kappa shape index (κ3) is 6.58. The number of Topliss-reactive ketones (excluding diaryl/α,β-unsaturated/α-hetero) is 1. The van der Waals surface area contributed by atoms with Crippen LogP contribution in [-0.2, 0) is 23.9 Å². The Morgan fingerprint density at radius 3 is 2.17 bits per heavy atom. The van der Waals surface area contributed by atoms with Gasteiger partial charge in [-0.1, -0.05) is 24.3 Å². The molecule has 0 spiro atoms. The molecule has 30 heavy (non-hydrogen) atoms. The van der Waals surface area contributed by atoms with Gasteiger partial charge >= 0.3 is 11.9 Å². The summed E-state index contributed by atoms with van der Waals surface area (Å²) in [7, 11) is 0. The molecule has 0 fully saturated rings. The zero-order valence-electron chi connectivity index (χ0n) is 18.8. The van der Waals surface area contributed by atoms with Gasteiger partial charge < -0.3 is 14.4 Å². The first kappa shape index (κ1) is 23.4. The van der Waals surface area contributed by atoms with Gasteiger partial charge in [-0.25, -0.2) is 9.59 Å². The van der Waals surface area contributed by atoms with Crippen molar-refractivity contribution in [1.82, 2.24) is 4.90 Å². The highest BCUT2D eigenvalue weighted by atomic mass is 16.6. The van der Waals surface area contributed by atoms with Crippen molar-refractivity contribution in [3.63, 3.8) is 0 Å². The van der Waals surface area contributed by atoms with Crippen molar-refractivity contribution < 1.29 is 23.9 Å². The molecule has 1 aliphatic rings. The third-order valence-electron chi connectivity index (χ3n) is 4.13. The number of fused-ring (bicyclic) bond motifs is 1. The maximum atomic E-state index is 13.0. The predicted molar refractivity (Wildman–Crippen MR) is 115 cm³/mol. The molecule has 1 heterocycles. The highest BCUT2D eigenvalue weighted by Gasteiger charge is 2.33. The summed E-state index contributed by atoms with van der Waals surface area (Å²) in [5, 5.41) is 0. The van der Waals surface area contributed by atoms with Crippen molar-refractivity contribution in [1.29, 1.82) is 0 Å². The standard InChI is InChI=1S/C24H31NO5/c1-16(26)14-19-18-11-9-8-10-17(18)12-13-25(19)20(22(28)30-24(5,6)7)15-21(27)29-23(2,3)4/h8-13,15,19H,14H2,1-7H3/b20-15-. The fourth-order valence-electron chi connectivity index (χ4n) is 3.12. The van der Waals surface area contributed by atoms with Crippen LogP contribution in [0, 0.1) is 0 Å². The first-order chi connectivity index (χ1) is 13.8. The highest BCUT2D eigenvalue weighted by molar-refractivity contribution is 5.96. The predicted octanol–water partition coefficient (Wildman–Crippen LogP) is 4.56. The van der Waals surface area contributed by atoms with Gasteiger partial charge in [0.25, 0.3) is 0 Å². The molecular formula is C24H31NO5. The van der Waals surface area contributed by atoms with E-state index in [1.807, 2.05) is 30.3 Å². The lowest BCUT2D eigenvalue weighted by Gasteiger charge is -2.36. The van der Waals surface area contributed by atoms with E-state index in [2.05, 4.69) is 0 Å². The molecule has 0 saturated heterocycles. The number of hydrogen-bond acceptors (Lipinski definition) is 6. The van der Waals surface area contributed by atoms with Crippen LogP contribution in [0.5, 0.6) is 0 Å². The van der Waals surface area contributed by atoms with E-state index in [0.717, 1.165) is 17.2 Å². The normalized spacial score (nSPS) is 16.7. The number of ether oxygens (including phenoxy) is 2. The molecule has 1 aliphatic heterocycles. The van der Waals surface area contributed by atoms with Crippen molar-refractivity contribution >= 4 is 23.8 Å². The number of esters is 2. The molecule has 0 saturated carbocycles. The van der Waals surface area contributed by atoms with Gasteiger partial charge in [0, 0.05) is 12.6 Å². The molecule has 0 N–H and O–H groups in total. The topological polar surface area (TPSA) is 72.9 Å². The quantitative estimate of drug-likeness (QED) is 0.520. The Morgan fingerprint density at radius 1 is 1.00 bits per heavy atom. The van der Waals surface area contributed by atoms with Crippen LogP contribution in [0.4, 0.5) is 0 Å². The zero-order valence-corrected chi connectivity index (χ0v) is 18.8. The molecule has 1 unspecified atom stereocenters. The first-order valence-electron chi connectivity index (χ1n) is 10.00. The van der Waals surface area contributed by atoms with Crippen LogP contribution in [0.2, 0.25) is 0 Å². The Hall–Kier alpha value is -2.89. The first-order valence-corrected chi connectivity index (χ1v) is 10.00. The Labute approximate surface area is 178 Å². The van der Waals surface area contributed by atoms with Crippen molar-refractivity contribution in [2.24, 2.45) is 0 Å². The van der Waals surface area contributed by atoms with Gasteiger partial charge in [0.1, 0.15) is 22.7 Å². The van der Waals surface area contributed by atoms with Gasteiger partial charge in [-0.05, 0) is 65.7 Å². The van der Waals surface area contributed by atoms with Crippen LogP contribution >= 0.6 is 0 Å². The third-order valence-corrected chi connectivity index (χ3v) is 4.13. The monoisotopic (exact) mass is 413 g/mol. The summed E-state index contributed by atoms with van der Waals surface area (Å²) >= 11 is 0. The molecule has 0 aliphatic carbocycles. The van der Waals surface area contributed by atoms with Crippen LogP contribution in [0.25, 0.3) is 6.08 Å². The summed E-state index contributed by atoms with van der Waals surface area (Å²) in [4.78, 5) is 39.2. The van der Waals surface area contributed by atoms with Gasteiger partial charge in [0.15, 0.2) is 0 Å². The second kappa shape index (κ2) is 8.86. The van der Waals surface area contributed by atoms with Crippen LogP contribution in [0.3, 0.4) is 0 Å². The number of hydrogen-bond donors (Lipinski definition) is 0. The summed E-state index contributed by atoms with van der Waals surface area (Å²) in [6.07, 6.45) is 4.87. The van der Waals surface area contributed by atoms with Gasteiger partial charge in [-0.15, -0.1) is 0 Å². The summed E-state index contributed by atoms with van der Waals surface area (Å²) in [6.45, 7) is 12.0. The Balaban J connectivity index is 2.53. The molecule has 0 aromatic heterocycles. The number of benzene rings is 1. The largest absolute Gasteiger partial charge is 0.457 e. The van der Waals surface area contributed by atoms with Crippen LogP contribution in [0.1, 0.15) is 72.1 Å². The van der Waals surface area contributed by atoms with Gasteiger partial charge in [-0.3, -0.25) is 4.79 Å². The van der Waals surface area contributed by atoms with E-state index in [4.69, 9.17) is 9.47 Å². The molecule has 6 nitrogen and oxygen atoms in total. The summed E-state index contributed by atoms with van der Waals surface area (Å²) in [5.74, 6) is -1.35. The molecular weight excluding hydrogens is 382 g/mol. The van der Waals surface area contributed by atoms with E-state index < -0.39 is 29.2 Å². The minimum absolute atomic E-state index is 0.0242. The molecule has 2 rings (SSSR count). The van der Waals surface area contributed by atoms with Crippen molar-refractivity contribution in [2.75, 3.05) is 0 Å². The lowest BCUT2D eigenvalue weighted by atomic mass is 9.92. The maximum absolute atomic E-state index is 13.0. The summed E-state index contributed by atoms with van der Waals surface area (Å²) in [5.41, 5.74) is 0.415. The average molecular weight is 414 g/mol. The Kier molecular flexibility index (Phi) is 6.91. The SMILES string of the molecule is CC(=O)CC1c2ccccc2C=CN1/C(=C\C(=O)OC(C)(C)C)C(=O)OC(C)(C)C. The van der Waals surface area contributed by atoms with Crippen LogP contribution < -0.4 is 0 Å². The highest BCUT2D eigenvalue weighted by Crippen LogP contribution is 2.36. The number of ketones is 1. The smallest absolute Gasteiger partial charge is 0.355 e. The van der Waals surface area contributed by atoms with Crippen molar-refractivity contribution in [3.8, 4) is 0 Å². The van der Waals surface area contributed by atoms with Gasteiger partial charge in [0.05, 0.1) is 12.1 Å². The number of nitrogens with zero attached hydrogens (tertiary/aromatic N) is 1. The van der Waals surface area contributed by atoms with Crippen LogP contribution in [0.15, 0.2) is 42.2 Å². The molecule has 1 aromatic carbocycles. The second-order valence-electron chi connectivity index (χ2n) is 9.34. The van der Waals surface area contributed by atoms with E-state index in [-0.39, 0.29) is 17.9 Å². The van der Waals surface area contributed by atoms with Gasteiger partial charge in [-0.2, -0.15) is 0 Å². The maximum Gasteiger partial charge on any atom is 0.355 e. The van der Waals surface area contributed by atoms with E-state index >= 15 is 0 Å². The fraction of sp³-hybridized carbons (Fsp3) is 0.458. The Bertz CT molecular complexity index is 884. The number of carbonyl (C=O) groups is 3. The number of carbonyl (C=O) groups excluding carboxylic acids is 3. The van der Waals surface area contributed by atoms with Crippen LogP contribution in [-0.4, -0.2) is 33.8 Å². The Morgan fingerprint density at radius 2 is 1.60 bits per heavy atom. The average Bonchev–Trinajstić information content (AvgIpc) is 2.57. The molecule has 162 valence electrons. The van der Waals surface area contributed by atoms with Crippen molar-refractivity contribution in [2.45, 2.75) is 72.1 Å². The molecule has 1 atom stereocenters. The molecule has 0 radical (unpaired) electrons. The second-order valence-corrected chi connectivity index (χ2v) is 9.34. The molecule has 0 bridgehead atoms. The van der Waals surface area contributed by atoms with E-state index in [1.54, 1.807) is 52.6 Å². The van der Waals surface area contributed by atoms with Gasteiger partial charge in [0.2, 0.25) is 0 Å². The minimum Gasteiger partial charge on any atom is -0.457 e. The fourth-order valence-corrected chi connectivity index (χ4v) is 3.12. The summed E-state index contributed by atoms with van der Waals surface area (Å²) in [6, 6.07) is 7.22. The number of rotatable bonds is 5. The summed E-state index contributed by atoms with van der Waals surface area (Å²) < 4.78 is 10.9. The zero-order chi connectivity index (χ0) is 22.7.